The summed E-state index contributed by atoms with van der Waals surface area (Å²) in [5.41, 5.74) is 2.63. The second kappa shape index (κ2) is 6.71. The van der Waals surface area contributed by atoms with Gasteiger partial charge in [-0.3, -0.25) is 0 Å². The molecule has 0 aliphatic carbocycles. The Kier molecular flexibility index (Phi) is 4.85. The highest BCUT2D eigenvalue weighted by molar-refractivity contribution is 6.42. The molecular weight excluding hydrogens is 378 g/mol. The van der Waals surface area contributed by atoms with Crippen molar-refractivity contribution in [3.63, 3.8) is 0 Å². The van der Waals surface area contributed by atoms with Crippen molar-refractivity contribution in [1.29, 1.82) is 0 Å². The first kappa shape index (κ1) is 16.6. The molecule has 0 fully saturated rings. The molecule has 0 aliphatic heterocycles. The van der Waals surface area contributed by atoms with Crippen molar-refractivity contribution in [2.75, 3.05) is 0 Å². The highest BCUT2D eigenvalue weighted by atomic mass is 35.5. The van der Waals surface area contributed by atoms with E-state index in [1.807, 2.05) is 6.07 Å². The minimum atomic E-state index is -0.195. The van der Waals surface area contributed by atoms with E-state index >= 15 is 0 Å². The molecule has 0 saturated heterocycles. The lowest BCUT2D eigenvalue weighted by Gasteiger charge is -2.10. The van der Waals surface area contributed by atoms with Crippen LogP contribution >= 0.6 is 46.4 Å². The molecule has 0 aliphatic rings. The summed E-state index contributed by atoms with van der Waals surface area (Å²) in [4.78, 5) is 0. The third kappa shape index (κ3) is 3.35. The number of rotatable bonds is 3. The van der Waals surface area contributed by atoms with Crippen LogP contribution in [0.15, 0.2) is 42.5 Å². The molecule has 0 saturated carbocycles. The molecule has 3 nitrogen and oxygen atoms in total. The summed E-state index contributed by atoms with van der Waals surface area (Å²) in [6.07, 6.45) is 0. The van der Waals surface area contributed by atoms with Gasteiger partial charge in [0.25, 0.3) is 0 Å². The SMILES string of the molecule is OCc1cc(-c2ccc(Cl)c(Cl)c2)n(-c2cc(Cl)ccc2Cl)n1. The van der Waals surface area contributed by atoms with Gasteiger partial charge in [0.15, 0.2) is 0 Å². The van der Waals surface area contributed by atoms with E-state index < -0.39 is 0 Å². The molecule has 0 unspecified atom stereocenters. The maximum Gasteiger partial charge on any atom is 0.0889 e. The monoisotopic (exact) mass is 386 g/mol. The summed E-state index contributed by atoms with van der Waals surface area (Å²) in [5, 5.41) is 15.7. The predicted molar refractivity (Wildman–Crippen MR) is 95.0 cm³/mol. The molecular formula is C16H10Cl4N2O. The molecule has 0 amide bonds. The number of halogens is 4. The highest BCUT2D eigenvalue weighted by Crippen LogP contribution is 2.33. The molecule has 1 heterocycles. The normalized spacial score (nSPS) is 11.0. The first-order valence-electron chi connectivity index (χ1n) is 6.60. The number of nitrogens with zero attached hydrogens (tertiary/aromatic N) is 2. The predicted octanol–water partition coefficient (Wildman–Crippen LogP) is 5.65. The van der Waals surface area contributed by atoms with Gasteiger partial charge in [0.05, 0.1) is 38.8 Å². The molecule has 0 spiro atoms. The van der Waals surface area contributed by atoms with Gasteiger partial charge >= 0.3 is 0 Å². The van der Waals surface area contributed by atoms with E-state index in [-0.39, 0.29) is 6.61 Å². The van der Waals surface area contributed by atoms with Crippen LogP contribution in [-0.4, -0.2) is 14.9 Å². The molecule has 0 atom stereocenters. The Morgan fingerprint density at radius 1 is 0.870 bits per heavy atom. The zero-order chi connectivity index (χ0) is 16.6. The lowest BCUT2D eigenvalue weighted by Crippen LogP contribution is -2.01. The average Bonchev–Trinajstić information content (AvgIpc) is 2.96. The summed E-state index contributed by atoms with van der Waals surface area (Å²) in [7, 11) is 0. The molecule has 1 N–H and O–H groups in total. The molecule has 2 aromatic carbocycles. The minimum absolute atomic E-state index is 0.195. The molecule has 3 aromatic rings. The van der Waals surface area contributed by atoms with Crippen molar-refractivity contribution in [2.45, 2.75) is 6.61 Å². The fraction of sp³-hybridized carbons (Fsp3) is 0.0625. The topological polar surface area (TPSA) is 38.0 Å². The zero-order valence-corrected chi connectivity index (χ0v) is 14.6. The Morgan fingerprint density at radius 3 is 2.30 bits per heavy atom. The van der Waals surface area contributed by atoms with Crippen molar-refractivity contribution in [2.24, 2.45) is 0 Å². The van der Waals surface area contributed by atoms with E-state index in [0.29, 0.717) is 31.5 Å². The Labute approximate surface area is 153 Å². The van der Waals surface area contributed by atoms with Gasteiger partial charge in [0.2, 0.25) is 0 Å². The summed E-state index contributed by atoms with van der Waals surface area (Å²) >= 11 is 24.4. The molecule has 3 rings (SSSR count). The van der Waals surface area contributed by atoms with Crippen molar-refractivity contribution in [3.05, 3.63) is 68.2 Å². The van der Waals surface area contributed by atoms with Crippen molar-refractivity contribution >= 4 is 46.4 Å². The molecule has 7 heteroatoms. The van der Waals surface area contributed by atoms with Crippen LogP contribution in [0.25, 0.3) is 16.9 Å². The maximum atomic E-state index is 9.41. The van der Waals surface area contributed by atoms with Gasteiger partial charge in [-0.1, -0.05) is 52.5 Å². The molecule has 23 heavy (non-hydrogen) atoms. The van der Waals surface area contributed by atoms with Crippen molar-refractivity contribution in [3.8, 4) is 16.9 Å². The average molecular weight is 388 g/mol. The van der Waals surface area contributed by atoms with E-state index in [1.54, 1.807) is 41.1 Å². The van der Waals surface area contributed by atoms with Crippen LogP contribution in [0.5, 0.6) is 0 Å². The Hall–Kier alpha value is -1.23. The van der Waals surface area contributed by atoms with E-state index in [4.69, 9.17) is 46.4 Å². The number of hydrogen-bond acceptors (Lipinski definition) is 2. The van der Waals surface area contributed by atoms with Crippen molar-refractivity contribution in [1.82, 2.24) is 9.78 Å². The van der Waals surface area contributed by atoms with Gasteiger partial charge in [-0.05, 0) is 36.4 Å². The van der Waals surface area contributed by atoms with Crippen LogP contribution in [0.2, 0.25) is 20.1 Å². The van der Waals surface area contributed by atoms with E-state index in [0.717, 1.165) is 11.3 Å². The van der Waals surface area contributed by atoms with Gasteiger partial charge in [-0.25, -0.2) is 4.68 Å². The lowest BCUT2D eigenvalue weighted by atomic mass is 10.1. The second-order valence-corrected chi connectivity index (χ2v) is 6.47. The number of aliphatic hydroxyl groups is 1. The summed E-state index contributed by atoms with van der Waals surface area (Å²) in [6, 6.07) is 12.1. The van der Waals surface area contributed by atoms with Gasteiger partial charge in [0, 0.05) is 10.6 Å². The van der Waals surface area contributed by atoms with Crippen LogP contribution in [0, 0.1) is 0 Å². The summed E-state index contributed by atoms with van der Waals surface area (Å²) < 4.78 is 1.62. The van der Waals surface area contributed by atoms with E-state index in [9.17, 15) is 5.11 Å². The first-order valence-corrected chi connectivity index (χ1v) is 8.11. The first-order chi connectivity index (χ1) is 11.0. The van der Waals surface area contributed by atoms with Crippen LogP contribution in [0.1, 0.15) is 5.69 Å². The fourth-order valence-electron chi connectivity index (χ4n) is 2.20. The number of benzene rings is 2. The van der Waals surface area contributed by atoms with Gasteiger partial charge < -0.3 is 5.11 Å². The Balaban J connectivity index is 2.23. The summed E-state index contributed by atoms with van der Waals surface area (Å²) in [6.45, 7) is -0.195. The minimum Gasteiger partial charge on any atom is -0.390 e. The smallest absolute Gasteiger partial charge is 0.0889 e. The maximum absolute atomic E-state index is 9.41. The molecule has 0 bridgehead atoms. The third-order valence-corrected chi connectivity index (χ3v) is 4.57. The van der Waals surface area contributed by atoms with E-state index in [1.165, 1.54) is 0 Å². The molecule has 0 radical (unpaired) electrons. The van der Waals surface area contributed by atoms with Crippen LogP contribution in [0.4, 0.5) is 0 Å². The third-order valence-electron chi connectivity index (χ3n) is 3.27. The van der Waals surface area contributed by atoms with Crippen molar-refractivity contribution < 1.29 is 5.11 Å². The van der Waals surface area contributed by atoms with Gasteiger partial charge in [-0.2, -0.15) is 5.10 Å². The molecule has 118 valence electrons. The Morgan fingerprint density at radius 2 is 1.61 bits per heavy atom. The van der Waals surface area contributed by atoms with Crippen LogP contribution < -0.4 is 0 Å². The van der Waals surface area contributed by atoms with E-state index in [2.05, 4.69) is 5.10 Å². The fourth-order valence-corrected chi connectivity index (χ4v) is 2.86. The summed E-state index contributed by atoms with van der Waals surface area (Å²) in [5.74, 6) is 0. The quantitative estimate of drug-likeness (QED) is 0.630. The number of hydrogen-bond donors (Lipinski definition) is 1. The van der Waals surface area contributed by atoms with Crippen LogP contribution in [-0.2, 0) is 6.61 Å². The number of aliphatic hydroxyl groups excluding tert-OH is 1. The van der Waals surface area contributed by atoms with Gasteiger partial charge in [0.1, 0.15) is 0 Å². The zero-order valence-electron chi connectivity index (χ0n) is 11.6. The Bertz CT molecular complexity index is 877. The molecule has 1 aromatic heterocycles. The highest BCUT2D eigenvalue weighted by Gasteiger charge is 2.15. The number of aromatic nitrogens is 2. The lowest BCUT2D eigenvalue weighted by molar-refractivity contribution is 0.276. The second-order valence-electron chi connectivity index (χ2n) is 4.82. The standard InChI is InChI=1S/C16H10Cl4N2O/c17-10-2-4-13(19)16(6-10)22-15(7-11(8-23)21-22)9-1-3-12(18)14(20)5-9/h1-7,23H,8H2. The van der Waals surface area contributed by atoms with Gasteiger partial charge in [-0.15, -0.1) is 0 Å². The largest absolute Gasteiger partial charge is 0.390 e. The van der Waals surface area contributed by atoms with Crippen LogP contribution in [0.3, 0.4) is 0 Å².